The molecule has 1 aliphatic rings. The van der Waals surface area contributed by atoms with Gasteiger partial charge in [-0.3, -0.25) is 0 Å². The van der Waals surface area contributed by atoms with Crippen LogP contribution in [0.3, 0.4) is 0 Å². The summed E-state index contributed by atoms with van der Waals surface area (Å²) >= 11 is 0. The van der Waals surface area contributed by atoms with E-state index in [2.05, 4.69) is 9.97 Å². The minimum atomic E-state index is -3.80. The first kappa shape index (κ1) is 21.3. The van der Waals surface area contributed by atoms with E-state index in [0.717, 1.165) is 17.7 Å². The van der Waals surface area contributed by atoms with Gasteiger partial charge in [0, 0.05) is 44.6 Å². The largest absolute Gasteiger partial charge is 0.491 e. The van der Waals surface area contributed by atoms with E-state index in [1.807, 2.05) is 47.0 Å². The minimum absolute atomic E-state index is 0.0453. The van der Waals surface area contributed by atoms with Gasteiger partial charge in [-0.1, -0.05) is 0 Å². The average Bonchev–Trinajstić information content (AvgIpc) is 3.30. The summed E-state index contributed by atoms with van der Waals surface area (Å²) in [4.78, 5) is 10.9. The van der Waals surface area contributed by atoms with Crippen LogP contribution in [0.15, 0.2) is 53.7 Å². The SMILES string of the molecule is CCOc1ccc(S(=O)(=O)N2CCN(c3cc(-n4cccc4)nc(C)n3)CC2)cc1F. The van der Waals surface area contributed by atoms with Crippen LogP contribution in [-0.2, 0) is 10.0 Å². The van der Waals surface area contributed by atoms with E-state index in [0.29, 0.717) is 25.5 Å². The third kappa shape index (κ3) is 4.40. The van der Waals surface area contributed by atoms with Crippen LogP contribution in [0.4, 0.5) is 10.2 Å². The van der Waals surface area contributed by atoms with Crippen LogP contribution in [0.25, 0.3) is 5.82 Å². The molecule has 0 atom stereocenters. The van der Waals surface area contributed by atoms with Gasteiger partial charge in [0.2, 0.25) is 10.0 Å². The molecule has 2 aromatic heterocycles. The average molecular weight is 446 g/mol. The van der Waals surface area contributed by atoms with Gasteiger partial charge in [0.15, 0.2) is 11.6 Å². The van der Waals surface area contributed by atoms with Gasteiger partial charge in [0.25, 0.3) is 0 Å². The monoisotopic (exact) mass is 445 g/mol. The van der Waals surface area contributed by atoms with Gasteiger partial charge in [0.05, 0.1) is 11.5 Å². The molecule has 0 spiro atoms. The second kappa shape index (κ2) is 8.64. The predicted octanol–water partition coefficient (Wildman–Crippen LogP) is 2.62. The molecule has 0 radical (unpaired) electrons. The Hall–Kier alpha value is -2.98. The van der Waals surface area contributed by atoms with Crippen LogP contribution >= 0.6 is 0 Å². The van der Waals surface area contributed by atoms with Gasteiger partial charge in [-0.05, 0) is 44.2 Å². The molecule has 3 aromatic rings. The van der Waals surface area contributed by atoms with Crippen molar-refractivity contribution < 1.29 is 17.5 Å². The minimum Gasteiger partial charge on any atom is -0.491 e. The number of hydrogen-bond acceptors (Lipinski definition) is 6. The highest BCUT2D eigenvalue weighted by Gasteiger charge is 2.30. The molecule has 3 heterocycles. The molecule has 1 saturated heterocycles. The molecular weight excluding hydrogens is 421 g/mol. The number of rotatable bonds is 6. The van der Waals surface area contributed by atoms with Crippen molar-refractivity contribution in [2.45, 2.75) is 18.7 Å². The van der Waals surface area contributed by atoms with Crippen molar-refractivity contribution in [3.8, 4) is 11.6 Å². The van der Waals surface area contributed by atoms with Crippen molar-refractivity contribution in [1.82, 2.24) is 18.8 Å². The lowest BCUT2D eigenvalue weighted by atomic mass is 10.3. The van der Waals surface area contributed by atoms with Crippen LogP contribution in [0.5, 0.6) is 5.75 Å². The van der Waals surface area contributed by atoms with Gasteiger partial charge < -0.3 is 14.2 Å². The number of piperazine rings is 1. The Morgan fingerprint density at radius 2 is 1.71 bits per heavy atom. The van der Waals surface area contributed by atoms with Gasteiger partial charge in [-0.2, -0.15) is 4.31 Å². The summed E-state index contributed by atoms with van der Waals surface area (Å²) in [5, 5.41) is 0. The van der Waals surface area contributed by atoms with E-state index in [1.165, 1.54) is 16.4 Å². The lowest BCUT2D eigenvalue weighted by Crippen LogP contribution is -2.49. The predicted molar refractivity (Wildman–Crippen MR) is 115 cm³/mol. The van der Waals surface area contributed by atoms with Gasteiger partial charge in [-0.15, -0.1) is 0 Å². The molecule has 0 bridgehead atoms. The van der Waals surface area contributed by atoms with Gasteiger partial charge >= 0.3 is 0 Å². The number of benzene rings is 1. The molecule has 8 nitrogen and oxygen atoms in total. The summed E-state index contributed by atoms with van der Waals surface area (Å²) < 4.78 is 48.6. The quantitative estimate of drug-likeness (QED) is 0.580. The van der Waals surface area contributed by atoms with Crippen molar-refractivity contribution in [2.75, 3.05) is 37.7 Å². The van der Waals surface area contributed by atoms with Crippen molar-refractivity contribution >= 4 is 15.8 Å². The second-order valence-corrected chi connectivity index (χ2v) is 9.08. The Morgan fingerprint density at radius 1 is 1.03 bits per heavy atom. The van der Waals surface area contributed by atoms with E-state index in [4.69, 9.17) is 4.74 Å². The topological polar surface area (TPSA) is 80.6 Å². The first-order valence-corrected chi connectivity index (χ1v) is 11.5. The zero-order chi connectivity index (χ0) is 22.0. The first-order chi connectivity index (χ1) is 14.9. The Morgan fingerprint density at radius 3 is 2.35 bits per heavy atom. The van der Waals surface area contributed by atoms with E-state index < -0.39 is 15.8 Å². The fraction of sp³-hybridized carbons (Fsp3) is 0.333. The number of aryl methyl sites for hydroxylation is 1. The van der Waals surface area contributed by atoms with Crippen molar-refractivity contribution in [3.05, 3.63) is 60.4 Å². The summed E-state index contributed by atoms with van der Waals surface area (Å²) in [6, 6.07) is 9.49. The maximum Gasteiger partial charge on any atom is 0.243 e. The number of ether oxygens (including phenoxy) is 1. The van der Waals surface area contributed by atoms with Gasteiger partial charge in [-0.25, -0.2) is 22.8 Å². The lowest BCUT2D eigenvalue weighted by molar-refractivity contribution is 0.321. The maximum absolute atomic E-state index is 14.2. The van der Waals surface area contributed by atoms with Crippen molar-refractivity contribution in [3.63, 3.8) is 0 Å². The van der Waals surface area contributed by atoms with Crippen LogP contribution in [-0.4, -0.2) is 60.0 Å². The van der Waals surface area contributed by atoms with Crippen LogP contribution in [0.1, 0.15) is 12.7 Å². The molecule has 0 N–H and O–H groups in total. The number of nitrogens with zero attached hydrogens (tertiary/aromatic N) is 5. The van der Waals surface area contributed by atoms with Crippen molar-refractivity contribution in [2.24, 2.45) is 0 Å². The molecule has 164 valence electrons. The fourth-order valence-corrected chi connectivity index (χ4v) is 4.97. The molecular formula is C21H24FN5O3S. The summed E-state index contributed by atoms with van der Waals surface area (Å²) in [6.07, 6.45) is 3.82. The molecule has 4 rings (SSSR count). The number of hydrogen-bond donors (Lipinski definition) is 0. The fourth-order valence-electron chi connectivity index (χ4n) is 3.54. The number of sulfonamides is 1. The van der Waals surface area contributed by atoms with Crippen LogP contribution in [0.2, 0.25) is 0 Å². The highest BCUT2D eigenvalue weighted by atomic mass is 32.2. The molecule has 10 heteroatoms. The molecule has 0 unspecified atom stereocenters. The van der Waals surface area contributed by atoms with E-state index in [9.17, 15) is 12.8 Å². The number of halogens is 1. The summed E-state index contributed by atoms with van der Waals surface area (Å²) in [5.74, 6) is 1.51. The molecule has 0 aliphatic carbocycles. The normalized spacial score (nSPS) is 15.3. The Labute approximate surface area is 181 Å². The third-order valence-electron chi connectivity index (χ3n) is 5.08. The highest BCUT2D eigenvalue weighted by Crippen LogP contribution is 2.25. The summed E-state index contributed by atoms with van der Waals surface area (Å²) in [7, 11) is -3.80. The zero-order valence-electron chi connectivity index (χ0n) is 17.4. The Balaban J connectivity index is 1.49. The van der Waals surface area contributed by atoms with Crippen LogP contribution in [0, 0.1) is 12.7 Å². The number of aromatic nitrogens is 3. The highest BCUT2D eigenvalue weighted by molar-refractivity contribution is 7.89. The first-order valence-electron chi connectivity index (χ1n) is 10.0. The summed E-state index contributed by atoms with van der Waals surface area (Å²) in [5.41, 5.74) is 0. The third-order valence-corrected chi connectivity index (χ3v) is 6.98. The molecule has 0 saturated carbocycles. The smallest absolute Gasteiger partial charge is 0.243 e. The van der Waals surface area contributed by atoms with Gasteiger partial charge in [0.1, 0.15) is 17.5 Å². The second-order valence-electron chi connectivity index (χ2n) is 7.14. The molecule has 1 fully saturated rings. The molecule has 31 heavy (non-hydrogen) atoms. The van der Waals surface area contributed by atoms with E-state index >= 15 is 0 Å². The number of anilines is 1. The van der Waals surface area contributed by atoms with Crippen LogP contribution < -0.4 is 9.64 Å². The zero-order valence-corrected chi connectivity index (χ0v) is 18.2. The molecule has 0 amide bonds. The Kier molecular flexibility index (Phi) is 5.92. The molecule has 1 aromatic carbocycles. The lowest BCUT2D eigenvalue weighted by Gasteiger charge is -2.34. The standard InChI is InChI=1S/C21H24FN5O3S/c1-3-30-19-7-6-17(14-18(19)22)31(28,29)27-12-10-26(11-13-27)21-15-20(23-16(2)24-21)25-8-4-5-9-25/h4-9,14-15H,3,10-13H2,1-2H3. The van der Waals surface area contributed by atoms with E-state index in [-0.39, 0.29) is 23.7 Å². The Bertz CT molecular complexity index is 1160. The van der Waals surface area contributed by atoms with Crippen molar-refractivity contribution in [1.29, 1.82) is 0 Å². The van der Waals surface area contributed by atoms with E-state index in [1.54, 1.807) is 6.92 Å². The molecule has 1 aliphatic heterocycles. The summed E-state index contributed by atoms with van der Waals surface area (Å²) in [6.45, 7) is 5.38. The maximum atomic E-state index is 14.2.